The Kier molecular flexibility index (Phi) is 8.84. The van der Waals surface area contributed by atoms with Crippen molar-refractivity contribution in [2.24, 2.45) is 23.7 Å². The number of ether oxygens (including phenoxy) is 1. The number of hydrogen-bond donors (Lipinski definition) is 3. The molecule has 0 aliphatic heterocycles. The lowest BCUT2D eigenvalue weighted by atomic mass is 9.79. The Balaban J connectivity index is 1.13. The van der Waals surface area contributed by atoms with E-state index in [4.69, 9.17) is 0 Å². The number of esters is 1. The van der Waals surface area contributed by atoms with Crippen LogP contribution in [0.5, 0.6) is 0 Å². The smallest absolute Gasteiger partial charge is 0.330 e. The predicted molar refractivity (Wildman–Crippen MR) is 167 cm³/mol. The molecule has 4 saturated carbocycles. The van der Waals surface area contributed by atoms with Crippen LogP contribution < -0.4 is 21.5 Å². The molecule has 1 aromatic carbocycles. The molecule has 236 valence electrons. The molecular formula is C33H35FN4O6S. The normalized spacial score (nSPS) is 23.7. The van der Waals surface area contributed by atoms with E-state index in [0.29, 0.717) is 27.8 Å². The largest absolute Gasteiger partial charge is 0.466 e. The maximum absolute atomic E-state index is 14.2. The molecular weight excluding hydrogens is 599 g/mol. The summed E-state index contributed by atoms with van der Waals surface area (Å²) in [6.07, 6.45) is 9.33. The number of thiophene rings is 1. The van der Waals surface area contributed by atoms with Gasteiger partial charge in [-0.3, -0.25) is 19.2 Å². The molecule has 4 aliphatic carbocycles. The highest BCUT2D eigenvalue weighted by Crippen LogP contribution is 2.58. The van der Waals surface area contributed by atoms with E-state index in [1.807, 2.05) is 0 Å². The van der Waals surface area contributed by atoms with E-state index in [1.54, 1.807) is 24.3 Å². The highest BCUT2D eigenvalue weighted by molar-refractivity contribution is 7.20. The fourth-order valence-corrected chi connectivity index (χ4v) is 8.44. The van der Waals surface area contributed by atoms with E-state index in [1.165, 1.54) is 61.4 Å². The molecule has 2 heterocycles. The summed E-state index contributed by atoms with van der Waals surface area (Å²) < 4.78 is 20.4. The van der Waals surface area contributed by atoms with Crippen LogP contribution in [0.2, 0.25) is 0 Å². The first-order valence-corrected chi connectivity index (χ1v) is 16.0. The average molecular weight is 635 g/mol. The Morgan fingerprint density at radius 3 is 2.71 bits per heavy atom. The molecule has 2 aromatic heterocycles. The van der Waals surface area contributed by atoms with Gasteiger partial charge in [-0.1, -0.05) is 18.2 Å². The van der Waals surface area contributed by atoms with Crippen molar-refractivity contribution in [2.75, 3.05) is 12.4 Å². The van der Waals surface area contributed by atoms with E-state index in [9.17, 15) is 28.4 Å². The SMILES string of the molecule is COC(=O)/C=C/CC[C@H](NC(=O)c1cc2cccc(F)c2s1)C(=O)Nc1cccn(CC(=O)NC2C3CC4CC(C3)C2C4)c1=O. The Hall–Kier alpha value is -4.32. The third kappa shape index (κ3) is 6.56. The van der Waals surface area contributed by atoms with Crippen molar-refractivity contribution >= 4 is 50.8 Å². The molecule has 4 fully saturated rings. The van der Waals surface area contributed by atoms with Crippen LogP contribution in [0.25, 0.3) is 10.1 Å². The number of anilines is 1. The second-order valence-electron chi connectivity index (χ2n) is 12.2. The maximum Gasteiger partial charge on any atom is 0.330 e. The number of benzene rings is 1. The minimum absolute atomic E-state index is 0.0397. The van der Waals surface area contributed by atoms with E-state index in [-0.39, 0.29) is 41.9 Å². The quantitative estimate of drug-likeness (QED) is 0.216. The van der Waals surface area contributed by atoms with Crippen LogP contribution in [0.3, 0.4) is 0 Å². The van der Waals surface area contributed by atoms with E-state index in [0.717, 1.165) is 23.7 Å². The van der Waals surface area contributed by atoms with Gasteiger partial charge in [0.05, 0.1) is 16.7 Å². The number of aromatic nitrogens is 1. The first-order valence-electron chi connectivity index (χ1n) is 15.2. The van der Waals surface area contributed by atoms with Gasteiger partial charge >= 0.3 is 5.97 Å². The fraction of sp³-hybridized carbons (Fsp3) is 0.424. The van der Waals surface area contributed by atoms with E-state index < -0.39 is 35.2 Å². The van der Waals surface area contributed by atoms with Gasteiger partial charge in [0, 0.05) is 18.3 Å². The molecule has 3 amide bonds. The molecule has 12 heteroatoms. The molecule has 4 aliphatic rings. The van der Waals surface area contributed by atoms with Crippen molar-refractivity contribution in [3.63, 3.8) is 0 Å². The number of nitrogens with one attached hydrogen (secondary N) is 3. The summed E-state index contributed by atoms with van der Waals surface area (Å²) in [4.78, 5) is 64.5. The maximum atomic E-state index is 14.2. The summed E-state index contributed by atoms with van der Waals surface area (Å²) in [7, 11) is 1.25. The van der Waals surface area contributed by atoms with Crippen LogP contribution in [-0.2, 0) is 25.7 Å². The summed E-state index contributed by atoms with van der Waals surface area (Å²) >= 11 is 0.969. The number of methoxy groups -OCH3 is 1. The second kappa shape index (κ2) is 13.0. The molecule has 4 bridgehead atoms. The summed E-state index contributed by atoms with van der Waals surface area (Å²) in [6.45, 7) is -0.173. The Morgan fingerprint density at radius 2 is 1.93 bits per heavy atom. The van der Waals surface area contributed by atoms with Crippen LogP contribution >= 0.6 is 11.3 Å². The number of carbonyl (C=O) groups excluding carboxylic acids is 4. The van der Waals surface area contributed by atoms with Crippen molar-refractivity contribution in [3.05, 3.63) is 75.8 Å². The van der Waals surface area contributed by atoms with Crippen LogP contribution in [-0.4, -0.2) is 47.5 Å². The van der Waals surface area contributed by atoms with Crippen LogP contribution in [0.15, 0.2) is 59.5 Å². The van der Waals surface area contributed by atoms with Crippen molar-refractivity contribution in [3.8, 4) is 0 Å². The standard InChI is InChI=1S/C33H35FN4O6S/c1-44-28(40)10-3-2-8-24(35-32(42)26-16-19-6-4-7-23(34)30(19)45-26)31(41)36-25-9-5-11-38(33(25)43)17-27(39)37-29-21-13-18-12-20(15-21)22(29)14-18/h3-7,9-11,16,18,20-22,24,29H,2,8,12-15,17H2,1H3,(H,35,42)(H,36,41)(H,37,39)/b10-3+/t18?,20?,21?,22?,24-,29?/m0/s1. The Bertz CT molecular complexity index is 1730. The molecule has 45 heavy (non-hydrogen) atoms. The van der Waals surface area contributed by atoms with Crippen LogP contribution in [0.4, 0.5) is 10.1 Å². The number of hydrogen-bond acceptors (Lipinski definition) is 7. The van der Waals surface area contributed by atoms with Gasteiger partial charge in [0.1, 0.15) is 24.1 Å². The van der Waals surface area contributed by atoms with Crippen molar-refractivity contribution < 1.29 is 28.3 Å². The van der Waals surface area contributed by atoms with Crippen molar-refractivity contribution in [1.82, 2.24) is 15.2 Å². The van der Waals surface area contributed by atoms with Crippen LogP contribution in [0.1, 0.15) is 48.2 Å². The number of halogens is 1. The molecule has 3 aromatic rings. The number of allylic oxidation sites excluding steroid dienone is 1. The predicted octanol–water partition coefficient (Wildman–Crippen LogP) is 4.00. The number of fused-ring (bicyclic) bond motifs is 1. The zero-order valence-electron chi connectivity index (χ0n) is 24.8. The van der Waals surface area contributed by atoms with Gasteiger partial charge in [-0.2, -0.15) is 0 Å². The highest BCUT2D eigenvalue weighted by Gasteiger charge is 2.54. The van der Waals surface area contributed by atoms with Gasteiger partial charge in [-0.25, -0.2) is 9.18 Å². The lowest BCUT2D eigenvalue weighted by molar-refractivity contribution is -0.134. The molecule has 7 rings (SSSR count). The zero-order valence-corrected chi connectivity index (χ0v) is 25.6. The van der Waals surface area contributed by atoms with Gasteiger partial charge in [0.25, 0.3) is 11.5 Å². The molecule has 5 unspecified atom stereocenters. The molecule has 0 spiro atoms. The third-order valence-corrected chi connectivity index (χ3v) is 10.6. The average Bonchev–Trinajstić information content (AvgIpc) is 3.66. The first-order chi connectivity index (χ1) is 21.7. The Labute approximate surface area is 263 Å². The third-order valence-electron chi connectivity index (χ3n) is 9.40. The summed E-state index contributed by atoms with van der Waals surface area (Å²) in [6, 6.07) is 8.17. The first kappa shape index (κ1) is 30.7. The topological polar surface area (TPSA) is 136 Å². The lowest BCUT2D eigenvalue weighted by Gasteiger charge is -2.32. The molecule has 6 atom stereocenters. The van der Waals surface area contributed by atoms with Crippen LogP contribution in [0, 0.1) is 29.5 Å². The monoisotopic (exact) mass is 634 g/mol. The number of rotatable bonds is 11. The summed E-state index contributed by atoms with van der Waals surface area (Å²) in [5, 5.41) is 9.04. The molecule has 0 radical (unpaired) electrons. The van der Waals surface area contributed by atoms with Gasteiger partial charge in [-0.05, 0) is 91.8 Å². The number of carbonyl (C=O) groups is 4. The van der Waals surface area contributed by atoms with Gasteiger partial charge in [-0.15, -0.1) is 11.3 Å². The minimum atomic E-state index is -1.10. The van der Waals surface area contributed by atoms with Crippen molar-refractivity contribution in [1.29, 1.82) is 0 Å². The van der Waals surface area contributed by atoms with E-state index >= 15 is 0 Å². The Morgan fingerprint density at radius 1 is 1.11 bits per heavy atom. The number of pyridine rings is 1. The second-order valence-corrected chi connectivity index (χ2v) is 13.3. The molecule has 3 N–H and O–H groups in total. The highest BCUT2D eigenvalue weighted by atomic mass is 32.1. The zero-order chi connectivity index (χ0) is 31.7. The minimum Gasteiger partial charge on any atom is -0.466 e. The molecule has 0 saturated heterocycles. The number of amides is 3. The van der Waals surface area contributed by atoms with Gasteiger partial charge in [0.15, 0.2) is 0 Å². The van der Waals surface area contributed by atoms with Gasteiger partial charge in [0.2, 0.25) is 11.8 Å². The summed E-state index contributed by atoms with van der Waals surface area (Å²) in [5.74, 6) is 0.0582. The fourth-order valence-electron chi connectivity index (χ4n) is 7.47. The summed E-state index contributed by atoms with van der Waals surface area (Å²) in [5.41, 5.74) is -0.590. The lowest BCUT2D eigenvalue weighted by Crippen LogP contribution is -2.46. The van der Waals surface area contributed by atoms with E-state index in [2.05, 4.69) is 20.7 Å². The van der Waals surface area contributed by atoms with Crippen molar-refractivity contribution in [2.45, 2.75) is 57.2 Å². The molecule has 10 nitrogen and oxygen atoms in total. The van der Waals surface area contributed by atoms with Gasteiger partial charge < -0.3 is 25.3 Å². The number of nitrogens with zero attached hydrogens (tertiary/aromatic N) is 1.